The molecule has 0 aliphatic carbocycles. The highest BCUT2D eigenvalue weighted by atomic mass is 16.3. The predicted octanol–water partition coefficient (Wildman–Crippen LogP) is 2.58. The molecular weight excluding hydrogens is 248 g/mol. The maximum absolute atomic E-state index is 10.4. The molecule has 0 heterocycles. The summed E-state index contributed by atoms with van der Waals surface area (Å²) in [6, 6.07) is 4.68. The fraction of sp³-hybridized carbons (Fsp3) is 0.647. The molecule has 0 saturated carbocycles. The number of rotatable bonds is 6. The summed E-state index contributed by atoms with van der Waals surface area (Å²) >= 11 is 0. The highest BCUT2D eigenvalue weighted by Gasteiger charge is 2.22. The highest BCUT2D eigenvalue weighted by molar-refractivity contribution is 5.39. The van der Waals surface area contributed by atoms with E-state index in [-0.39, 0.29) is 6.04 Å². The first kappa shape index (κ1) is 17.2. The second-order valence-electron chi connectivity index (χ2n) is 6.65. The fourth-order valence-corrected chi connectivity index (χ4v) is 3.09. The molecule has 0 saturated heterocycles. The van der Waals surface area contributed by atoms with Crippen molar-refractivity contribution >= 4 is 0 Å². The van der Waals surface area contributed by atoms with Crippen LogP contribution in [0.3, 0.4) is 0 Å². The van der Waals surface area contributed by atoms with E-state index < -0.39 is 5.60 Å². The number of nitrogens with one attached hydrogen (secondary N) is 1. The van der Waals surface area contributed by atoms with Crippen LogP contribution in [0.15, 0.2) is 12.1 Å². The zero-order chi connectivity index (χ0) is 15.5. The number of aryl methyl sites for hydroxylation is 3. The molecule has 0 fully saturated rings. The minimum Gasteiger partial charge on any atom is -0.388 e. The summed E-state index contributed by atoms with van der Waals surface area (Å²) in [7, 11) is 3.96. The summed E-state index contributed by atoms with van der Waals surface area (Å²) in [5.41, 5.74) is 4.56. The van der Waals surface area contributed by atoms with Crippen LogP contribution in [0.25, 0.3) is 0 Å². The van der Waals surface area contributed by atoms with Gasteiger partial charge < -0.3 is 15.3 Å². The van der Waals surface area contributed by atoms with Gasteiger partial charge in [0.1, 0.15) is 0 Å². The van der Waals surface area contributed by atoms with Crippen molar-refractivity contribution in [1.29, 1.82) is 0 Å². The van der Waals surface area contributed by atoms with Crippen LogP contribution >= 0.6 is 0 Å². The average molecular weight is 278 g/mol. The minimum absolute atomic E-state index is 0.240. The van der Waals surface area contributed by atoms with Crippen LogP contribution in [0.1, 0.15) is 42.1 Å². The number of benzene rings is 1. The molecule has 1 aromatic rings. The molecule has 2 N–H and O–H groups in total. The monoisotopic (exact) mass is 278 g/mol. The predicted molar refractivity (Wildman–Crippen MR) is 86.2 cm³/mol. The molecule has 114 valence electrons. The summed E-state index contributed by atoms with van der Waals surface area (Å²) in [6.45, 7) is 11.7. The van der Waals surface area contributed by atoms with E-state index in [2.05, 4.69) is 45.1 Å². The molecule has 3 heteroatoms. The number of aliphatic hydroxyl groups is 1. The fourth-order valence-electron chi connectivity index (χ4n) is 3.09. The van der Waals surface area contributed by atoms with Crippen LogP contribution in [0.2, 0.25) is 0 Å². The van der Waals surface area contributed by atoms with Crippen LogP contribution in [0.4, 0.5) is 0 Å². The summed E-state index contributed by atoms with van der Waals surface area (Å²) in [4.78, 5) is 2.01. The maximum Gasteiger partial charge on any atom is 0.0869 e. The van der Waals surface area contributed by atoms with Gasteiger partial charge >= 0.3 is 0 Å². The van der Waals surface area contributed by atoms with E-state index in [9.17, 15) is 5.11 Å². The minimum atomic E-state index is -0.718. The van der Waals surface area contributed by atoms with Gasteiger partial charge in [-0.15, -0.1) is 0 Å². The Balaban J connectivity index is 2.75. The molecule has 0 bridgehead atoms. The Labute approximate surface area is 124 Å². The van der Waals surface area contributed by atoms with Gasteiger partial charge in [0.15, 0.2) is 0 Å². The van der Waals surface area contributed by atoms with E-state index in [0.717, 1.165) is 0 Å². The standard InChI is InChI=1S/C17H30N2O/c1-12-8-13(2)16(14(3)9-12)15(4)18-10-17(5,20)11-19(6)7/h8-9,15,18,20H,10-11H2,1-7H3. The van der Waals surface area contributed by atoms with Crippen molar-refractivity contribution in [1.82, 2.24) is 10.2 Å². The van der Waals surface area contributed by atoms with E-state index in [1.54, 1.807) is 0 Å². The summed E-state index contributed by atoms with van der Waals surface area (Å²) in [6.07, 6.45) is 0. The molecule has 3 nitrogen and oxygen atoms in total. The first-order valence-electron chi connectivity index (χ1n) is 7.30. The molecule has 0 aromatic heterocycles. The number of hydrogen-bond acceptors (Lipinski definition) is 3. The Bertz CT molecular complexity index is 429. The molecule has 2 unspecified atom stereocenters. The largest absolute Gasteiger partial charge is 0.388 e. The molecule has 20 heavy (non-hydrogen) atoms. The molecule has 1 aromatic carbocycles. The van der Waals surface area contributed by atoms with Crippen LogP contribution < -0.4 is 5.32 Å². The first-order valence-corrected chi connectivity index (χ1v) is 7.30. The lowest BCUT2D eigenvalue weighted by Crippen LogP contribution is -2.46. The van der Waals surface area contributed by atoms with Crippen LogP contribution in [-0.2, 0) is 0 Å². The van der Waals surface area contributed by atoms with Gasteiger partial charge in [-0.25, -0.2) is 0 Å². The van der Waals surface area contributed by atoms with Crippen LogP contribution in [0.5, 0.6) is 0 Å². The van der Waals surface area contributed by atoms with E-state index in [1.807, 2.05) is 25.9 Å². The third-order valence-electron chi connectivity index (χ3n) is 3.62. The van der Waals surface area contributed by atoms with Gasteiger partial charge in [0.2, 0.25) is 0 Å². The van der Waals surface area contributed by atoms with Crippen molar-refractivity contribution in [2.45, 2.75) is 46.3 Å². The average Bonchev–Trinajstić information content (AvgIpc) is 2.23. The lowest BCUT2D eigenvalue weighted by molar-refractivity contribution is 0.0317. The SMILES string of the molecule is Cc1cc(C)c(C(C)NCC(C)(O)CN(C)C)c(C)c1. The molecule has 0 aliphatic heterocycles. The second-order valence-corrected chi connectivity index (χ2v) is 6.65. The normalized spacial score (nSPS) is 16.2. The summed E-state index contributed by atoms with van der Waals surface area (Å²) < 4.78 is 0. The van der Waals surface area contributed by atoms with E-state index in [4.69, 9.17) is 0 Å². The Kier molecular flexibility index (Phi) is 5.75. The second kappa shape index (κ2) is 6.70. The van der Waals surface area contributed by atoms with Crippen molar-refractivity contribution in [2.75, 3.05) is 27.2 Å². The number of nitrogens with zero attached hydrogens (tertiary/aromatic N) is 1. The Morgan fingerprint density at radius 3 is 2.15 bits per heavy atom. The smallest absolute Gasteiger partial charge is 0.0869 e. The number of hydrogen-bond donors (Lipinski definition) is 2. The lowest BCUT2D eigenvalue weighted by atomic mass is 9.94. The third kappa shape index (κ3) is 4.89. The maximum atomic E-state index is 10.4. The van der Waals surface area contributed by atoms with Crippen molar-refractivity contribution in [3.8, 4) is 0 Å². The Hall–Kier alpha value is -0.900. The summed E-state index contributed by atoms with van der Waals surface area (Å²) in [5.74, 6) is 0. The van der Waals surface area contributed by atoms with Crippen LogP contribution in [0, 0.1) is 20.8 Å². The van der Waals surface area contributed by atoms with E-state index in [1.165, 1.54) is 22.3 Å². The van der Waals surface area contributed by atoms with Crippen molar-refractivity contribution in [3.63, 3.8) is 0 Å². The summed E-state index contributed by atoms with van der Waals surface area (Å²) in [5, 5.41) is 13.8. The van der Waals surface area contributed by atoms with Gasteiger partial charge in [-0.1, -0.05) is 17.7 Å². The molecule has 2 atom stereocenters. The lowest BCUT2D eigenvalue weighted by Gasteiger charge is -2.29. The molecule has 0 aliphatic rings. The van der Waals surface area contributed by atoms with Gasteiger partial charge in [-0.3, -0.25) is 0 Å². The highest BCUT2D eigenvalue weighted by Crippen LogP contribution is 2.23. The van der Waals surface area contributed by atoms with E-state index >= 15 is 0 Å². The molecular formula is C17H30N2O. The Morgan fingerprint density at radius 2 is 1.70 bits per heavy atom. The quantitative estimate of drug-likeness (QED) is 0.839. The molecule has 0 spiro atoms. The molecule has 0 radical (unpaired) electrons. The zero-order valence-corrected chi connectivity index (χ0v) is 14.0. The molecule has 1 rings (SSSR count). The van der Waals surface area contributed by atoms with Crippen molar-refractivity contribution in [3.05, 3.63) is 34.4 Å². The van der Waals surface area contributed by atoms with Crippen molar-refractivity contribution in [2.24, 2.45) is 0 Å². The Morgan fingerprint density at radius 1 is 1.20 bits per heavy atom. The van der Waals surface area contributed by atoms with Crippen LogP contribution in [-0.4, -0.2) is 42.8 Å². The topological polar surface area (TPSA) is 35.5 Å². The van der Waals surface area contributed by atoms with Gasteiger partial charge in [-0.2, -0.15) is 0 Å². The van der Waals surface area contributed by atoms with Gasteiger partial charge in [0, 0.05) is 19.1 Å². The number of likely N-dealkylation sites (N-methyl/N-ethyl adjacent to an activating group) is 1. The van der Waals surface area contributed by atoms with Crippen molar-refractivity contribution < 1.29 is 5.11 Å². The third-order valence-corrected chi connectivity index (χ3v) is 3.62. The first-order chi connectivity index (χ1) is 9.12. The van der Waals surface area contributed by atoms with E-state index in [0.29, 0.717) is 13.1 Å². The molecule has 0 amide bonds. The van der Waals surface area contributed by atoms with Gasteiger partial charge in [0.05, 0.1) is 5.60 Å². The zero-order valence-electron chi connectivity index (χ0n) is 14.0. The van der Waals surface area contributed by atoms with Gasteiger partial charge in [0.25, 0.3) is 0 Å². The van der Waals surface area contributed by atoms with Gasteiger partial charge in [-0.05, 0) is 65.4 Å².